The normalized spacial score (nSPS) is 10.0. The third kappa shape index (κ3) is 3.08. The molecule has 0 bridgehead atoms. The number of nitrogens with zero attached hydrogens (tertiary/aromatic N) is 3. The Hall–Kier alpha value is -1.86. The average Bonchev–Trinajstić information content (AvgIpc) is 2.46. The van der Waals surface area contributed by atoms with E-state index < -0.39 is 0 Å². The van der Waals surface area contributed by atoms with Gasteiger partial charge in [-0.05, 0) is 24.1 Å². The Kier molecular flexibility index (Phi) is 4.32. The maximum atomic E-state index is 8.49. The number of thioether (sulfide) groups is 1. The maximum Gasteiger partial charge on any atom is 0.120 e. The first-order chi connectivity index (χ1) is 8.83. The fourth-order valence-electron chi connectivity index (χ4n) is 1.57. The van der Waals surface area contributed by atoms with Crippen LogP contribution in [0.25, 0.3) is 11.3 Å². The molecule has 0 fully saturated rings. The summed E-state index contributed by atoms with van der Waals surface area (Å²) in [7, 11) is 0. The van der Waals surface area contributed by atoms with Crippen molar-refractivity contribution in [2.45, 2.75) is 18.4 Å². The summed E-state index contributed by atoms with van der Waals surface area (Å²) in [5, 5.41) is 17.5. The molecule has 2 rings (SSSR count). The van der Waals surface area contributed by atoms with Gasteiger partial charge in [0.2, 0.25) is 0 Å². The number of hydrogen-bond acceptors (Lipinski definition) is 4. The van der Waals surface area contributed by atoms with Crippen LogP contribution in [-0.2, 0) is 6.42 Å². The number of aryl methyl sites for hydroxylation is 1. The predicted octanol–water partition coefficient (Wildman–Crippen LogP) is 3.32. The summed E-state index contributed by atoms with van der Waals surface area (Å²) in [5.74, 6) is 0.402. The quantitative estimate of drug-likeness (QED) is 0.786. The molecule has 0 spiro atoms. The molecule has 2 aromatic rings. The highest BCUT2D eigenvalue weighted by atomic mass is 32.2. The molecule has 0 unspecified atom stereocenters. The largest absolute Gasteiger partial charge is 0.197 e. The van der Waals surface area contributed by atoms with Crippen molar-refractivity contribution in [2.75, 3.05) is 5.75 Å². The molecule has 0 amide bonds. The summed E-state index contributed by atoms with van der Waals surface area (Å²) >= 11 is 1.40. The molecule has 18 heavy (non-hydrogen) atoms. The SMILES string of the molecule is CCc1ccc(-c2ccc(SCC#N)nn2)cc1. The van der Waals surface area contributed by atoms with Crippen molar-refractivity contribution < 1.29 is 0 Å². The van der Waals surface area contributed by atoms with Crippen LogP contribution in [0, 0.1) is 11.3 Å². The lowest BCUT2D eigenvalue weighted by Gasteiger charge is -2.02. The zero-order valence-electron chi connectivity index (χ0n) is 10.1. The van der Waals surface area contributed by atoms with Crippen molar-refractivity contribution in [3.05, 3.63) is 42.0 Å². The van der Waals surface area contributed by atoms with Crippen LogP contribution in [0.5, 0.6) is 0 Å². The first-order valence-electron chi connectivity index (χ1n) is 5.76. The summed E-state index contributed by atoms with van der Waals surface area (Å²) in [6.07, 6.45) is 1.04. The predicted molar refractivity (Wildman–Crippen MR) is 73.2 cm³/mol. The Morgan fingerprint density at radius 1 is 1.11 bits per heavy atom. The van der Waals surface area contributed by atoms with Gasteiger partial charge in [-0.3, -0.25) is 0 Å². The van der Waals surface area contributed by atoms with E-state index in [-0.39, 0.29) is 0 Å². The van der Waals surface area contributed by atoms with Crippen LogP contribution in [0.2, 0.25) is 0 Å². The molecule has 3 nitrogen and oxygen atoms in total. The molecular formula is C14H13N3S. The van der Waals surface area contributed by atoms with Gasteiger partial charge in [-0.25, -0.2) is 0 Å². The molecule has 4 heteroatoms. The van der Waals surface area contributed by atoms with Gasteiger partial charge in [0.05, 0.1) is 17.5 Å². The number of rotatable bonds is 4. The van der Waals surface area contributed by atoms with Gasteiger partial charge in [0.25, 0.3) is 0 Å². The maximum absolute atomic E-state index is 8.49. The summed E-state index contributed by atoms with van der Waals surface area (Å²) in [6, 6.07) is 14.2. The molecule has 0 N–H and O–H groups in total. The van der Waals surface area contributed by atoms with E-state index in [0.29, 0.717) is 5.75 Å². The van der Waals surface area contributed by atoms with Crippen molar-refractivity contribution in [3.8, 4) is 17.3 Å². The molecule has 0 atom stereocenters. The van der Waals surface area contributed by atoms with Gasteiger partial charge in [-0.15, -0.1) is 10.2 Å². The van der Waals surface area contributed by atoms with Crippen molar-refractivity contribution >= 4 is 11.8 Å². The molecule has 90 valence electrons. The van der Waals surface area contributed by atoms with Gasteiger partial charge < -0.3 is 0 Å². The van der Waals surface area contributed by atoms with Gasteiger partial charge >= 0.3 is 0 Å². The summed E-state index contributed by atoms with van der Waals surface area (Å²) in [6.45, 7) is 2.13. The minimum absolute atomic E-state index is 0.402. The Balaban J connectivity index is 2.15. The number of nitriles is 1. The standard InChI is InChI=1S/C14H13N3S/c1-2-11-3-5-12(6-4-11)13-7-8-14(17-16-13)18-10-9-15/h3-8H,2,10H2,1H3. The van der Waals surface area contributed by atoms with Crippen molar-refractivity contribution in [3.63, 3.8) is 0 Å². The average molecular weight is 255 g/mol. The van der Waals surface area contributed by atoms with Crippen LogP contribution in [-0.4, -0.2) is 16.0 Å². The third-order valence-corrected chi connectivity index (χ3v) is 3.37. The monoisotopic (exact) mass is 255 g/mol. The molecular weight excluding hydrogens is 242 g/mol. The third-order valence-electron chi connectivity index (χ3n) is 2.58. The fourth-order valence-corrected chi connectivity index (χ4v) is 2.04. The van der Waals surface area contributed by atoms with Gasteiger partial charge in [-0.1, -0.05) is 43.0 Å². The molecule has 0 saturated carbocycles. The molecule has 0 saturated heterocycles. The Bertz CT molecular complexity index is 541. The fraction of sp³-hybridized carbons (Fsp3) is 0.214. The second kappa shape index (κ2) is 6.18. The van der Waals surface area contributed by atoms with E-state index in [1.807, 2.05) is 12.1 Å². The van der Waals surface area contributed by atoms with Crippen LogP contribution >= 0.6 is 11.8 Å². The number of hydrogen-bond donors (Lipinski definition) is 0. The van der Waals surface area contributed by atoms with Crippen molar-refractivity contribution in [1.29, 1.82) is 5.26 Å². The number of benzene rings is 1. The Morgan fingerprint density at radius 3 is 2.44 bits per heavy atom. The van der Waals surface area contributed by atoms with Crippen LogP contribution in [0.1, 0.15) is 12.5 Å². The van der Waals surface area contributed by atoms with Gasteiger partial charge in [0.15, 0.2) is 0 Å². The van der Waals surface area contributed by atoms with Crippen molar-refractivity contribution in [1.82, 2.24) is 10.2 Å². The zero-order chi connectivity index (χ0) is 12.8. The Labute approximate surface area is 111 Å². The summed E-state index contributed by atoms with van der Waals surface area (Å²) in [4.78, 5) is 0. The molecule has 1 aromatic carbocycles. The van der Waals surface area contributed by atoms with Crippen LogP contribution < -0.4 is 0 Å². The topological polar surface area (TPSA) is 49.6 Å². The molecule has 0 aliphatic carbocycles. The molecule has 0 aliphatic rings. The Morgan fingerprint density at radius 2 is 1.89 bits per heavy atom. The van der Waals surface area contributed by atoms with E-state index >= 15 is 0 Å². The first kappa shape index (κ1) is 12.6. The van der Waals surface area contributed by atoms with E-state index in [9.17, 15) is 0 Å². The first-order valence-corrected chi connectivity index (χ1v) is 6.75. The van der Waals surface area contributed by atoms with E-state index in [4.69, 9.17) is 5.26 Å². The summed E-state index contributed by atoms with van der Waals surface area (Å²) < 4.78 is 0. The minimum atomic E-state index is 0.402. The highest BCUT2D eigenvalue weighted by Crippen LogP contribution is 2.20. The van der Waals surface area contributed by atoms with Crippen LogP contribution in [0.4, 0.5) is 0 Å². The summed E-state index contributed by atoms with van der Waals surface area (Å²) in [5.41, 5.74) is 3.24. The lowest BCUT2D eigenvalue weighted by Crippen LogP contribution is -1.90. The van der Waals surface area contributed by atoms with Crippen LogP contribution in [0.3, 0.4) is 0 Å². The smallest absolute Gasteiger partial charge is 0.120 e. The second-order valence-corrected chi connectivity index (χ2v) is 4.75. The molecule has 0 radical (unpaired) electrons. The van der Waals surface area contributed by atoms with E-state index in [2.05, 4.69) is 47.5 Å². The zero-order valence-corrected chi connectivity index (χ0v) is 10.9. The van der Waals surface area contributed by atoms with E-state index in [0.717, 1.165) is 22.7 Å². The molecule has 1 heterocycles. The lowest BCUT2D eigenvalue weighted by atomic mass is 10.1. The number of aromatic nitrogens is 2. The van der Waals surface area contributed by atoms with E-state index in [1.54, 1.807) is 0 Å². The van der Waals surface area contributed by atoms with Gasteiger partial charge in [0, 0.05) is 5.56 Å². The van der Waals surface area contributed by atoms with Crippen molar-refractivity contribution in [2.24, 2.45) is 0 Å². The highest BCUT2D eigenvalue weighted by Gasteiger charge is 2.01. The minimum Gasteiger partial charge on any atom is -0.197 e. The highest BCUT2D eigenvalue weighted by molar-refractivity contribution is 7.99. The molecule has 1 aromatic heterocycles. The van der Waals surface area contributed by atoms with Crippen LogP contribution in [0.15, 0.2) is 41.4 Å². The van der Waals surface area contributed by atoms with Gasteiger partial charge in [0.1, 0.15) is 5.03 Å². The lowest BCUT2D eigenvalue weighted by molar-refractivity contribution is 0.936. The van der Waals surface area contributed by atoms with Gasteiger partial charge in [-0.2, -0.15) is 5.26 Å². The second-order valence-electron chi connectivity index (χ2n) is 3.75. The molecule has 0 aliphatic heterocycles. The van der Waals surface area contributed by atoms with E-state index in [1.165, 1.54) is 17.3 Å².